The van der Waals surface area contributed by atoms with Crippen molar-refractivity contribution in [3.8, 4) is 0 Å². The standard InChI is InChI=1S/C31H41ClN8O3/c1-18-6-8-20(9-7-18)16-40-25-26(33-19(2)21-4-3-5-21)34-28(29-37-31(41)43-38-29)35-27(25)36-30(40)39-14-15-42-17-24(39)22-10-12-23(32)13-11-22/h10-13,18-21,24,29,38H,3-9,14-17H2,1-2H3,(H,37,41)(H,33,34,35)/t18?,19-,20?,24?,29?/m1/s1. The third kappa shape index (κ3) is 5.86. The Kier molecular flexibility index (Phi) is 8.04. The predicted octanol–water partition coefficient (Wildman–Crippen LogP) is 5.73. The third-order valence-corrected chi connectivity index (χ3v) is 10.1. The molecule has 12 heteroatoms. The summed E-state index contributed by atoms with van der Waals surface area (Å²) in [6.07, 6.45) is 7.36. The van der Waals surface area contributed by atoms with Crippen molar-refractivity contribution in [2.24, 2.45) is 17.8 Å². The van der Waals surface area contributed by atoms with E-state index in [-0.39, 0.29) is 12.1 Å². The molecule has 2 aliphatic heterocycles. The first-order chi connectivity index (χ1) is 20.9. The molecule has 0 spiro atoms. The van der Waals surface area contributed by atoms with Gasteiger partial charge in [-0.25, -0.2) is 14.8 Å². The Morgan fingerprint density at radius 3 is 2.58 bits per heavy atom. The van der Waals surface area contributed by atoms with Crippen LogP contribution in [0.15, 0.2) is 24.3 Å². The molecular formula is C31H41ClN8O3. The first kappa shape index (κ1) is 28.6. The number of carbonyl (C=O) groups excluding carboxylic acids is 1. The fourth-order valence-corrected chi connectivity index (χ4v) is 7.04. The number of imidazole rings is 1. The Balaban J connectivity index is 1.35. The predicted molar refractivity (Wildman–Crippen MR) is 165 cm³/mol. The van der Waals surface area contributed by atoms with Gasteiger partial charge in [-0.3, -0.25) is 5.32 Å². The Bertz CT molecular complexity index is 1450. The van der Waals surface area contributed by atoms with Crippen molar-refractivity contribution in [3.05, 3.63) is 40.7 Å². The van der Waals surface area contributed by atoms with Crippen molar-refractivity contribution >= 4 is 40.6 Å². The molecule has 4 fully saturated rings. The van der Waals surface area contributed by atoms with Crippen LogP contribution >= 0.6 is 11.6 Å². The number of halogens is 1. The minimum absolute atomic E-state index is 0.0186. The average molecular weight is 609 g/mol. The van der Waals surface area contributed by atoms with Crippen molar-refractivity contribution < 1.29 is 14.4 Å². The topological polar surface area (TPSA) is 118 Å². The van der Waals surface area contributed by atoms with E-state index in [0.717, 1.165) is 35.3 Å². The molecule has 4 aliphatic rings. The molecule has 7 rings (SSSR count). The number of nitrogens with zero attached hydrogens (tertiary/aromatic N) is 5. The second kappa shape index (κ2) is 12.1. The van der Waals surface area contributed by atoms with Crippen LogP contribution in [0.1, 0.15) is 82.4 Å². The monoisotopic (exact) mass is 608 g/mol. The van der Waals surface area contributed by atoms with Crippen LogP contribution in [0.2, 0.25) is 5.02 Å². The van der Waals surface area contributed by atoms with E-state index in [2.05, 4.69) is 51.6 Å². The number of amides is 1. The number of rotatable bonds is 8. The van der Waals surface area contributed by atoms with Gasteiger partial charge in [-0.2, -0.15) is 4.98 Å². The molecule has 1 aromatic carbocycles. The van der Waals surface area contributed by atoms with E-state index in [1.54, 1.807) is 0 Å². The maximum Gasteiger partial charge on any atom is 0.427 e. The van der Waals surface area contributed by atoms with Crippen molar-refractivity contribution in [2.45, 2.75) is 83.6 Å². The van der Waals surface area contributed by atoms with Crippen LogP contribution in [0.4, 0.5) is 16.6 Å². The maximum absolute atomic E-state index is 11.9. The summed E-state index contributed by atoms with van der Waals surface area (Å²) in [5.41, 5.74) is 5.37. The molecule has 2 saturated heterocycles. The van der Waals surface area contributed by atoms with E-state index in [4.69, 9.17) is 36.1 Å². The molecule has 2 aromatic heterocycles. The lowest BCUT2D eigenvalue weighted by Crippen LogP contribution is -2.41. The highest BCUT2D eigenvalue weighted by atomic mass is 35.5. The molecule has 2 unspecified atom stereocenters. The number of morpholine rings is 1. The van der Waals surface area contributed by atoms with Crippen LogP contribution < -0.4 is 21.0 Å². The van der Waals surface area contributed by atoms with E-state index >= 15 is 0 Å². The number of hydroxylamine groups is 1. The number of benzene rings is 1. The Labute approximate surface area is 257 Å². The lowest BCUT2D eigenvalue weighted by Gasteiger charge is -2.37. The van der Waals surface area contributed by atoms with Crippen molar-refractivity contribution in [3.63, 3.8) is 0 Å². The number of carbonyl (C=O) groups is 1. The quantitative estimate of drug-likeness (QED) is 0.295. The number of ether oxygens (including phenoxy) is 1. The second-order valence-corrected chi connectivity index (χ2v) is 13.2. The van der Waals surface area contributed by atoms with E-state index in [1.807, 2.05) is 12.1 Å². The number of fused-ring (bicyclic) bond motifs is 1. The average Bonchev–Trinajstić information content (AvgIpc) is 3.57. The van der Waals surface area contributed by atoms with Crippen LogP contribution in [0.25, 0.3) is 11.2 Å². The van der Waals surface area contributed by atoms with Crippen LogP contribution in [-0.4, -0.2) is 51.4 Å². The fraction of sp³-hybridized carbons (Fsp3) is 0.613. The molecular weight excluding hydrogens is 568 g/mol. The molecule has 11 nitrogen and oxygen atoms in total. The molecule has 2 aliphatic carbocycles. The van der Waals surface area contributed by atoms with E-state index in [1.165, 1.54) is 44.9 Å². The van der Waals surface area contributed by atoms with Gasteiger partial charge in [-0.1, -0.05) is 49.9 Å². The van der Waals surface area contributed by atoms with Gasteiger partial charge in [0.1, 0.15) is 5.52 Å². The highest BCUT2D eigenvalue weighted by Crippen LogP contribution is 2.38. The molecule has 2 saturated carbocycles. The highest BCUT2D eigenvalue weighted by Gasteiger charge is 2.34. The number of hydrogen-bond donors (Lipinski definition) is 3. The van der Waals surface area contributed by atoms with Gasteiger partial charge < -0.3 is 24.4 Å². The summed E-state index contributed by atoms with van der Waals surface area (Å²) in [7, 11) is 0. The number of hydrogen-bond acceptors (Lipinski definition) is 9. The zero-order chi connectivity index (χ0) is 29.5. The largest absolute Gasteiger partial charge is 0.427 e. The molecule has 0 bridgehead atoms. The Hall–Kier alpha value is -3.15. The van der Waals surface area contributed by atoms with E-state index in [9.17, 15) is 4.79 Å². The molecule has 0 radical (unpaired) electrons. The van der Waals surface area contributed by atoms with Gasteiger partial charge in [0.15, 0.2) is 23.5 Å². The normalized spacial score (nSPS) is 27.0. The molecule has 230 valence electrons. The highest BCUT2D eigenvalue weighted by molar-refractivity contribution is 6.30. The molecule has 3 N–H and O–H groups in total. The smallest absolute Gasteiger partial charge is 0.377 e. The summed E-state index contributed by atoms with van der Waals surface area (Å²) in [5, 5.41) is 7.22. The zero-order valence-electron chi connectivity index (χ0n) is 24.9. The summed E-state index contributed by atoms with van der Waals surface area (Å²) < 4.78 is 8.36. The first-order valence-electron chi connectivity index (χ1n) is 15.8. The van der Waals surface area contributed by atoms with Gasteiger partial charge in [0.2, 0.25) is 5.95 Å². The van der Waals surface area contributed by atoms with Crippen LogP contribution in [0.5, 0.6) is 0 Å². The lowest BCUT2D eigenvalue weighted by atomic mass is 9.80. The zero-order valence-corrected chi connectivity index (χ0v) is 25.6. The number of anilines is 2. The van der Waals surface area contributed by atoms with Crippen LogP contribution in [-0.2, 0) is 16.1 Å². The summed E-state index contributed by atoms with van der Waals surface area (Å²) >= 11 is 6.25. The number of aromatic nitrogens is 4. The van der Waals surface area contributed by atoms with E-state index in [0.29, 0.717) is 48.1 Å². The summed E-state index contributed by atoms with van der Waals surface area (Å²) in [6.45, 7) is 7.32. The minimum Gasteiger partial charge on any atom is -0.377 e. The molecule has 43 heavy (non-hydrogen) atoms. The summed E-state index contributed by atoms with van der Waals surface area (Å²) in [5.74, 6) is 3.96. The molecule has 1 amide bonds. The van der Waals surface area contributed by atoms with E-state index < -0.39 is 12.3 Å². The Morgan fingerprint density at radius 2 is 1.88 bits per heavy atom. The molecule has 3 atom stereocenters. The van der Waals surface area contributed by atoms with Crippen molar-refractivity contribution in [1.29, 1.82) is 0 Å². The van der Waals surface area contributed by atoms with Gasteiger partial charge in [-0.05, 0) is 68.1 Å². The summed E-state index contributed by atoms with van der Waals surface area (Å²) in [6, 6.07) is 8.24. The number of nitrogens with one attached hydrogen (secondary N) is 3. The lowest BCUT2D eigenvalue weighted by molar-refractivity contribution is 0.0927. The van der Waals surface area contributed by atoms with Gasteiger partial charge in [0.05, 0.1) is 19.3 Å². The van der Waals surface area contributed by atoms with Gasteiger partial charge in [-0.15, -0.1) is 5.48 Å². The summed E-state index contributed by atoms with van der Waals surface area (Å²) in [4.78, 5) is 34.4. The van der Waals surface area contributed by atoms with Gasteiger partial charge >= 0.3 is 6.09 Å². The SMILES string of the molecule is CC1CCC(Cn2c(N3CCOCC3c3ccc(Cl)cc3)nc3nc(C4NOC(=O)N4)nc(N[C@H](C)C4CCC4)c32)CC1. The third-order valence-electron chi connectivity index (χ3n) is 9.83. The minimum atomic E-state index is -0.657. The molecule has 3 aromatic rings. The van der Waals surface area contributed by atoms with Crippen molar-refractivity contribution in [2.75, 3.05) is 30.0 Å². The molecule has 4 heterocycles. The fourth-order valence-electron chi connectivity index (χ4n) is 6.92. The second-order valence-electron chi connectivity index (χ2n) is 12.8. The van der Waals surface area contributed by atoms with Crippen LogP contribution in [0, 0.1) is 17.8 Å². The maximum atomic E-state index is 11.9. The van der Waals surface area contributed by atoms with Gasteiger partial charge in [0.25, 0.3) is 0 Å². The van der Waals surface area contributed by atoms with Gasteiger partial charge in [0, 0.05) is 24.2 Å². The Morgan fingerprint density at radius 1 is 1.09 bits per heavy atom. The van der Waals surface area contributed by atoms with Crippen molar-refractivity contribution in [1.82, 2.24) is 30.3 Å². The first-order valence-corrected chi connectivity index (χ1v) is 16.2. The van der Waals surface area contributed by atoms with Crippen LogP contribution in [0.3, 0.4) is 0 Å².